The Morgan fingerprint density at radius 1 is 1.06 bits per heavy atom. The van der Waals surface area contributed by atoms with Crippen molar-refractivity contribution in [3.8, 4) is 0 Å². The first-order valence-corrected chi connectivity index (χ1v) is 5.46. The van der Waals surface area contributed by atoms with Gasteiger partial charge in [-0.3, -0.25) is 0 Å². The van der Waals surface area contributed by atoms with Crippen LogP contribution in [0, 0.1) is 0 Å². The molecule has 0 N–H and O–H groups in total. The van der Waals surface area contributed by atoms with E-state index < -0.39 is 0 Å². The van der Waals surface area contributed by atoms with Crippen molar-refractivity contribution in [1.29, 1.82) is 0 Å². The van der Waals surface area contributed by atoms with Gasteiger partial charge in [-0.15, -0.1) is 12.3 Å². The molecule has 0 saturated heterocycles. The first kappa shape index (κ1) is 29.5. The number of carbonyl (C=O) groups excluding carboxylic acids is 1. The van der Waals surface area contributed by atoms with Crippen molar-refractivity contribution in [3.63, 3.8) is 0 Å². The van der Waals surface area contributed by atoms with E-state index in [4.69, 9.17) is 0 Å². The Hall–Kier alpha value is -1.59. The summed E-state index contributed by atoms with van der Waals surface area (Å²) in [7, 11) is 0. The summed E-state index contributed by atoms with van der Waals surface area (Å²) in [4.78, 5) is 9.44. The Bertz CT molecular complexity index is 172. The van der Waals surface area contributed by atoms with Crippen LogP contribution in [-0.2, 0) is 4.79 Å². The average Bonchev–Trinajstić information content (AvgIpc) is 2.20. The Morgan fingerprint density at radius 2 is 1.12 bits per heavy atom. The highest BCUT2D eigenvalue weighted by Gasteiger charge is 1.62. The lowest BCUT2D eigenvalue weighted by molar-refractivity contribution is -0.114. The normalized spacial score (nSPS) is 5.00. The van der Waals surface area contributed by atoms with E-state index in [9.17, 15) is 4.79 Å². The van der Waals surface area contributed by atoms with Crippen molar-refractivity contribution in [2.45, 2.75) is 41.0 Å². The van der Waals surface area contributed by atoms with Crippen molar-refractivity contribution in [2.75, 3.05) is 0 Å². The summed E-state index contributed by atoms with van der Waals surface area (Å²) in [6.07, 6.45) is 6.28. The molecule has 0 aromatic carbocycles. The first-order valence-electron chi connectivity index (χ1n) is 5.46. The number of hydrogen-bond donors (Lipinski definition) is 0. The van der Waals surface area contributed by atoms with Crippen LogP contribution in [0.25, 0.3) is 0 Å². The van der Waals surface area contributed by atoms with Crippen LogP contribution >= 0.6 is 0 Å². The topological polar surface area (TPSA) is 17.1 Å². The van der Waals surface area contributed by atoms with E-state index in [0.717, 1.165) is 0 Å². The van der Waals surface area contributed by atoms with Crippen LogP contribution in [0.5, 0.6) is 0 Å². The summed E-state index contributed by atoms with van der Waals surface area (Å²) in [5.74, 6) is 0.167. The van der Waals surface area contributed by atoms with Crippen molar-refractivity contribution in [1.82, 2.24) is 0 Å². The molecule has 0 atom stereocenters. The lowest BCUT2D eigenvalue weighted by Gasteiger charge is -1.56. The van der Waals surface area contributed by atoms with E-state index in [2.05, 4.69) is 52.5 Å². The molecule has 0 aromatic heterocycles. The van der Waals surface area contributed by atoms with Crippen molar-refractivity contribution in [2.24, 2.45) is 0 Å². The van der Waals surface area contributed by atoms with Gasteiger partial charge in [0.2, 0.25) is 0 Å². The molecule has 0 aromatic rings. The SMILES string of the molecule is C=C=C.C=CC.C=CC=C.CC(C)=O.CCC. The Kier molecular flexibility index (Phi) is 110. The fourth-order valence-corrected chi connectivity index (χ4v) is 0. The molecule has 0 spiro atoms. The second-order valence-corrected chi connectivity index (χ2v) is 2.75. The lowest BCUT2D eigenvalue weighted by atomic mass is 10.6. The Morgan fingerprint density at radius 3 is 1.12 bits per heavy atom. The second kappa shape index (κ2) is 63.1. The van der Waals surface area contributed by atoms with Crippen LogP contribution in [0.15, 0.2) is 56.9 Å². The molecular formula is C16H30O. The summed E-state index contributed by atoms with van der Waals surface area (Å²) in [5.41, 5.74) is 2.25. The maximum atomic E-state index is 9.44. The van der Waals surface area contributed by atoms with Crippen LogP contribution in [-0.4, -0.2) is 5.78 Å². The maximum absolute atomic E-state index is 9.44. The minimum Gasteiger partial charge on any atom is -0.300 e. The highest BCUT2D eigenvalue weighted by molar-refractivity contribution is 5.72. The van der Waals surface area contributed by atoms with Gasteiger partial charge >= 0.3 is 0 Å². The van der Waals surface area contributed by atoms with Gasteiger partial charge in [-0.25, -0.2) is 0 Å². The Balaban J connectivity index is -0.0000000356. The standard InChI is InChI=1S/C4H6.C3H6O.C3H8.C3H6.C3H4/c1-3-4-2;1-3(2)4;3*1-3-2/h3-4H,1-2H2;1-2H3;3H2,1-2H3;3H,1H2,2H3;1-2H2. The fraction of sp³-hybridized carbons (Fsp3) is 0.375. The quantitative estimate of drug-likeness (QED) is 0.334. The molecule has 1 heteroatoms. The van der Waals surface area contributed by atoms with Gasteiger partial charge in [-0.05, 0) is 20.8 Å². The third kappa shape index (κ3) is 6380. The molecule has 17 heavy (non-hydrogen) atoms. The molecule has 0 unspecified atom stereocenters. The molecule has 0 amide bonds. The first-order chi connectivity index (χ1) is 7.89. The second-order valence-electron chi connectivity index (χ2n) is 2.75. The minimum absolute atomic E-state index is 0.167. The summed E-state index contributed by atoms with van der Waals surface area (Å²) in [6.45, 7) is 25.5. The van der Waals surface area contributed by atoms with Crippen LogP contribution in [0.3, 0.4) is 0 Å². The molecule has 1 nitrogen and oxygen atoms in total. The van der Waals surface area contributed by atoms with Crippen LogP contribution in [0.1, 0.15) is 41.0 Å². The van der Waals surface area contributed by atoms with Crippen LogP contribution in [0.2, 0.25) is 0 Å². The molecule has 0 radical (unpaired) electrons. The number of Topliss-reactive ketones (excluding diaryl/α,β-unsaturated/α-hetero) is 1. The van der Waals surface area contributed by atoms with Gasteiger partial charge in [0.15, 0.2) is 0 Å². The third-order valence-corrected chi connectivity index (χ3v) is 0.167. The van der Waals surface area contributed by atoms with Gasteiger partial charge in [0.05, 0.1) is 0 Å². The smallest absolute Gasteiger partial charge is 0.126 e. The molecule has 0 saturated carbocycles. The zero-order chi connectivity index (χ0) is 15.1. The van der Waals surface area contributed by atoms with Gasteiger partial charge in [0.1, 0.15) is 5.78 Å². The molecule has 0 aliphatic carbocycles. The van der Waals surface area contributed by atoms with Gasteiger partial charge in [0.25, 0.3) is 0 Å². The van der Waals surface area contributed by atoms with Gasteiger partial charge in [-0.1, -0.05) is 64.8 Å². The highest BCUT2D eigenvalue weighted by atomic mass is 16.1. The molecule has 0 fully saturated rings. The fourth-order valence-electron chi connectivity index (χ4n) is 0. The summed E-state index contributed by atoms with van der Waals surface area (Å²) in [6, 6.07) is 0. The van der Waals surface area contributed by atoms with Gasteiger partial charge in [0, 0.05) is 0 Å². The monoisotopic (exact) mass is 238 g/mol. The van der Waals surface area contributed by atoms with E-state index in [1.54, 1.807) is 18.2 Å². The summed E-state index contributed by atoms with van der Waals surface area (Å²) < 4.78 is 0. The molecule has 0 aliphatic heterocycles. The third-order valence-electron chi connectivity index (χ3n) is 0.167. The summed E-state index contributed by atoms with van der Waals surface area (Å²) in [5, 5.41) is 0. The largest absolute Gasteiger partial charge is 0.300 e. The van der Waals surface area contributed by atoms with Gasteiger partial charge in [-0.2, -0.15) is 0 Å². The molecule has 0 heterocycles. The number of allylic oxidation sites excluding steroid dienone is 3. The van der Waals surface area contributed by atoms with E-state index >= 15 is 0 Å². The molecular weight excluding hydrogens is 208 g/mol. The Labute approximate surface area is 109 Å². The van der Waals surface area contributed by atoms with Gasteiger partial charge < -0.3 is 4.79 Å². The summed E-state index contributed by atoms with van der Waals surface area (Å²) >= 11 is 0. The molecule has 100 valence electrons. The number of carbonyl (C=O) groups is 1. The number of rotatable bonds is 1. The van der Waals surface area contributed by atoms with E-state index in [1.165, 1.54) is 20.3 Å². The van der Waals surface area contributed by atoms with Crippen LogP contribution in [0.4, 0.5) is 0 Å². The predicted octanol–water partition coefficient (Wildman–Crippen LogP) is 5.52. The van der Waals surface area contributed by atoms with Crippen LogP contribution < -0.4 is 0 Å². The highest BCUT2D eigenvalue weighted by Crippen LogP contribution is 1.56. The number of ketones is 1. The number of hydrogen-bond acceptors (Lipinski definition) is 1. The lowest BCUT2D eigenvalue weighted by Crippen LogP contribution is -1.69. The zero-order valence-corrected chi connectivity index (χ0v) is 12.4. The van der Waals surface area contributed by atoms with Crippen molar-refractivity contribution >= 4 is 5.78 Å². The molecule has 0 aliphatic rings. The zero-order valence-electron chi connectivity index (χ0n) is 12.4. The average molecular weight is 238 g/mol. The van der Waals surface area contributed by atoms with E-state index in [-0.39, 0.29) is 5.78 Å². The van der Waals surface area contributed by atoms with Crippen molar-refractivity contribution in [3.05, 3.63) is 56.9 Å². The predicted molar refractivity (Wildman–Crippen MR) is 83.4 cm³/mol. The molecule has 0 bridgehead atoms. The van der Waals surface area contributed by atoms with E-state index in [0.29, 0.717) is 0 Å². The maximum Gasteiger partial charge on any atom is 0.126 e. The molecule has 0 rings (SSSR count). The minimum atomic E-state index is 0.167. The van der Waals surface area contributed by atoms with Crippen molar-refractivity contribution < 1.29 is 4.79 Å². The van der Waals surface area contributed by atoms with E-state index in [1.807, 2.05) is 6.92 Å².